The van der Waals surface area contributed by atoms with Crippen LogP contribution >= 0.6 is 23.2 Å². The normalized spacial score (nSPS) is 28.8. The van der Waals surface area contributed by atoms with E-state index in [1.165, 1.54) is 24.8 Å². The van der Waals surface area contributed by atoms with Crippen molar-refractivity contribution >= 4 is 23.2 Å². The lowest BCUT2D eigenvalue weighted by Gasteiger charge is -2.41. The van der Waals surface area contributed by atoms with Gasteiger partial charge in [0, 0.05) is 24.9 Å². The molecule has 1 heterocycles. The van der Waals surface area contributed by atoms with E-state index >= 15 is 0 Å². The van der Waals surface area contributed by atoms with Crippen molar-refractivity contribution in [2.24, 2.45) is 5.92 Å². The molecule has 2 aliphatic rings. The zero-order chi connectivity index (χ0) is 14.3. The van der Waals surface area contributed by atoms with Gasteiger partial charge in [0.25, 0.3) is 0 Å². The summed E-state index contributed by atoms with van der Waals surface area (Å²) in [6.07, 6.45) is 5.90. The molecule has 2 nitrogen and oxygen atoms in total. The van der Waals surface area contributed by atoms with Crippen LogP contribution in [0.15, 0.2) is 12.1 Å². The Labute approximate surface area is 131 Å². The molecule has 4 heteroatoms. The molecular weight excluding hydrogens is 293 g/mol. The molecule has 0 radical (unpaired) electrons. The van der Waals surface area contributed by atoms with Crippen molar-refractivity contribution in [3.05, 3.63) is 27.7 Å². The molecule has 0 saturated heterocycles. The molecule has 1 saturated carbocycles. The Morgan fingerprint density at radius 1 is 1.25 bits per heavy atom. The van der Waals surface area contributed by atoms with Crippen molar-refractivity contribution in [2.45, 2.75) is 37.7 Å². The van der Waals surface area contributed by atoms with Crippen molar-refractivity contribution in [2.75, 3.05) is 20.6 Å². The largest absolute Gasteiger partial charge is 0.486 e. The van der Waals surface area contributed by atoms with Crippen LogP contribution in [0.2, 0.25) is 10.0 Å². The highest BCUT2D eigenvalue weighted by atomic mass is 35.5. The monoisotopic (exact) mass is 313 g/mol. The summed E-state index contributed by atoms with van der Waals surface area (Å²) >= 11 is 12.3. The summed E-state index contributed by atoms with van der Waals surface area (Å²) in [5, 5.41) is 1.22. The summed E-state index contributed by atoms with van der Waals surface area (Å²) in [6.45, 7) is 1.08. The van der Waals surface area contributed by atoms with Gasteiger partial charge >= 0.3 is 0 Å². The number of rotatable bonds is 2. The number of ether oxygens (including phenoxy) is 1. The third kappa shape index (κ3) is 2.54. The van der Waals surface area contributed by atoms with Crippen molar-refractivity contribution in [1.29, 1.82) is 0 Å². The first-order valence-corrected chi connectivity index (χ1v) is 8.07. The van der Waals surface area contributed by atoms with Crippen LogP contribution in [-0.4, -0.2) is 31.1 Å². The van der Waals surface area contributed by atoms with Gasteiger partial charge in [-0.1, -0.05) is 29.6 Å². The number of halogens is 2. The van der Waals surface area contributed by atoms with Crippen LogP contribution in [0.1, 0.15) is 31.2 Å². The molecule has 1 aromatic carbocycles. The Bertz CT molecular complexity index is 484. The highest BCUT2D eigenvalue weighted by Gasteiger charge is 2.47. The van der Waals surface area contributed by atoms with Crippen molar-refractivity contribution in [3.63, 3.8) is 0 Å². The fourth-order valence-electron chi connectivity index (χ4n) is 3.73. The first kappa shape index (κ1) is 14.5. The fourth-order valence-corrected chi connectivity index (χ4v) is 4.07. The maximum atomic E-state index is 6.41. The van der Waals surface area contributed by atoms with E-state index in [1.807, 2.05) is 12.1 Å². The molecule has 1 fully saturated rings. The SMILES string of the molecule is CN(C)CC1CCCCC12Cc1cc(Cl)c(Cl)cc1O2. The van der Waals surface area contributed by atoms with E-state index in [-0.39, 0.29) is 5.60 Å². The number of nitrogens with zero attached hydrogens (tertiary/aromatic N) is 1. The van der Waals surface area contributed by atoms with Crippen LogP contribution in [0.4, 0.5) is 0 Å². The molecule has 1 aliphatic carbocycles. The van der Waals surface area contributed by atoms with Crippen molar-refractivity contribution < 1.29 is 4.74 Å². The summed E-state index contributed by atoms with van der Waals surface area (Å²) in [7, 11) is 4.27. The smallest absolute Gasteiger partial charge is 0.125 e. The zero-order valence-corrected chi connectivity index (χ0v) is 13.6. The third-order valence-electron chi connectivity index (χ3n) is 4.64. The molecule has 1 spiro atoms. The minimum atomic E-state index is -0.0428. The molecule has 1 aromatic rings. The van der Waals surface area contributed by atoms with Gasteiger partial charge in [0.2, 0.25) is 0 Å². The molecule has 110 valence electrons. The standard InChI is InChI=1S/C16H21Cl2NO/c1-19(2)10-12-5-3-4-6-16(12)9-11-7-13(17)14(18)8-15(11)20-16/h7-8,12H,3-6,9-10H2,1-2H3. The van der Waals surface area contributed by atoms with Crippen molar-refractivity contribution in [1.82, 2.24) is 4.90 Å². The van der Waals surface area contributed by atoms with Gasteiger partial charge in [-0.25, -0.2) is 0 Å². The number of fused-ring (bicyclic) bond motifs is 1. The van der Waals surface area contributed by atoms with E-state index in [4.69, 9.17) is 27.9 Å². The minimum absolute atomic E-state index is 0.0428. The van der Waals surface area contributed by atoms with E-state index < -0.39 is 0 Å². The first-order valence-electron chi connectivity index (χ1n) is 7.32. The number of benzene rings is 1. The van der Waals surface area contributed by atoms with Gasteiger partial charge in [0.1, 0.15) is 11.4 Å². The second-order valence-electron chi connectivity index (χ2n) is 6.42. The molecule has 0 amide bonds. The summed E-state index contributed by atoms with van der Waals surface area (Å²) < 4.78 is 6.41. The van der Waals surface area contributed by atoms with E-state index in [9.17, 15) is 0 Å². The second kappa shape index (κ2) is 5.40. The van der Waals surface area contributed by atoms with Crippen LogP contribution in [0, 0.1) is 5.92 Å². The average Bonchev–Trinajstić information content (AvgIpc) is 2.71. The number of hydrogen-bond donors (Lipinski definition) is 0. The molecule has 0 bridgehead atoms. The van der Waals surface area contributed by atoms with Gasteiger partial charge in [-0.2, -0.15) is 0 Å². The first-order chi connectivity index (χ1) is 9.50. The Balaban J connectivity index is 1.90. The van der Waals surface area contributed by atoms with Crippen LogP contribution in [0.3, 0.4) is 0 Å². The fraction of sp³-hybridized carbons (Fsp3) is 0.625. The summed E-state index contributed by atoms with van der Waals surface area (Å²) in [5.74, 6) is 1.52. The Hall–Kier alpha value is -0.440. The average molecular weight is 314 g/mol. The highest BCUT2D eigenvalue weighted by molar-refractivity contribution is 6.42. The predicted molar refractivity (Wildman–Crippen MR) is 84.0 cm³/mol. The zero-order valence-electron chi connectivity index (χ0n) is 12.1. The van der Waals surface area contributed by atoms with E-state index in [0.29, 0.717) is 16.0 Å². The van der Waals surface area contributed by atoms with Gasteiger partial charge in [0.15, 0.2) is 0 Å². The van der Waals surface area contributed by atoms with Gasteiger partial charge in [0.05, 0.1) is 10.0 Å². The van der Waals surface area contributed by atoms with E-state index in [0.717, 1.165) is 25.1 Å². The highest BCUT2D eigenvalue weighted by Crippen LogP contribution is 2.48. The van der Waals surface area contributed by atoms with Gasteiger partial charge in [-0.05, 0) is 45.0 Å². The molecule has 1 aliphatic heterocycles. The van der Waals surface area contributed by atoms with Gasteiger partial charge in [-0.3, -0.25) is 0 Å². The Morgan fingerprint density at radius 3 is 2.75 bits per heavy atom. The van der Waals surface area contributed by atoms with E-state index in [2.05, 4.69) is 19.0 Å². The van der Waals surface area contributed by atoms with Crippen LogP contribution < -0.4 is 4.74 Å². The number of hydrogen-bond acceptors (Lipinski definition) is 2. The van der Waals surface area contributed by atoms with Crippen molar-refractivity contribution in [3.8, 4) is 5.75 Å². The van der Waals surface area contributed by atoms with Crippen LogP contribution in [-0.2, 0) is 6.42 Å². The Kier molecular flexibility index (Phi) is 3.91. The second-order valence-corrected chi connectivity index (χ2v) is 7.24. The summed E-state index contributed by atoms with van der Waals surface area (Å²) in [6, 6.07) is 3.87. The van der Waals surface area contributed by atoms with Crippen LogP contribution in [0.5, 0.6) is 5.75 Å². The molecule has 2 atom stereocenters. The minimum Gasteiger partial charge on any atom is -0.486 e. The maximum absolute atomic E-state index is 6.41. The van der Waals surface area contributed by atoms with Crippen LogP contribution in [0.25, 0.3) is 0 Å². The molecule has 0 aromatic heterocycles. The van der Waals surface area contributed by atoms with Gasteiger partial charge < -0.3 is 9.64 Å². The molecule has 0 N–H and O–H groups in total. The van der Waals surface area contributed by atoms with Gasteiger partial charge in [-0.15, -0.1) is 0 Å². The lowest BCUT2D eigenvalue weighted by atomic mass is 9.73. The molecule has 2 unspecified atom stereocenters. The molecule has 3 rings (SSSR count). The quantitative estimate of drug-likeness (QED) is 0.801. The molecule has 20 heavy (non-hydrogen) atoms. The Morgan fingerprint density at radius 2 is 2.00 bits per heavy atom. The topological polar surface area (TPSA) is 12.5 Å². The summed E-state index contributed by atoms with van der Waals surface area (Å²) in [5.41, 5.74) is 1.17. The lowest BCUT2D eigenvalue weighted by molar-refractivity contribution is -0.0149. The molecular formula is C16H21Cl2NO. The van der Waals surface area contributed by atoms with E-state index in [1.54, 1.807) is 0 Å². The predicted octanol–water partition coefficient (Wildman–Crippen LogP) is 4.42. The third-order valence-corrected chi connectivity index (χ3v) is 5.36. The lowest BCUT2D eigenvalue weighted by Crippen LogP contribution is -2.48. The maximum Gasteiger partial charge on any atom is 0.125 e. The summed E-state index contributed by atoms with van der Waals surface area (Å²) in [4.78, 5) is 2.27.